The number of carbonyl (C=O) groups is 6. The number of primary amides is 3. The maximum atomic E-state index is 13.5. The third-order valence-electron chi connectivity index (χ3n) is 11.0. The summed E-state index contributed by atoms with van der Waals surface area (Å²) in [6, 6.07) is 14.9. The molecular formula is C42H48N9O6+3. The molecule has 294 valence electrons. The van der Waals surface area contributed by atoms with Crippen LogP contribution in [0, 0.1) is 0 Å². The Morgan fingerprint density at radius 2 is 0.772 bits per heavy atom. The normalized spacial score (nSPS) is 19.2. The van der Waals surface area contributed by atoms with Crippen LogP contribution >= 0.6 is 0 Å². The van der Waals surface area contributed by atoms with Crippen molar-refractivity contribution in [3.8, 4) is 0 Å². The van der Waals surface area contributed by atoms with E-state index in [0.29, 0.717) is 94.5 Å². The molecule has 6 amide bonds. The summed E-state index contributed by atoms with van der Waals surface area (Å²) >= 11 is 0. The molecule has 6 heterocycles. The van der Waals surface area contributed by atoms with Crippen molar-refractivity contribution in [1.29, 1.82) is 0 Å². The van der Waals surface area contributed by atoms with Gasteiger partial charge in [-0.05, 0) is 74.9 Å². The number of hydrogen-bond acceptors (Lipinski definition) is 6. The summed E-state index contributed by atoms with van der Waals surface area (Å²) in [5.74, 6) is -2.26. The van der Waals surface area contributed by atoms with Gasteiger partial charge in [-0.25, -0.2) is 0 Å². The highest BCUT2D eigenvalue weighted by atomic mass is 16.2. The molecule has 0 aliphatic carbocycles. The van der Waals surface area contributed by atoms with E-state index in [-0.39, 0.29) is 17.7 Å². The van der Waals surface area contributed by atoms with Gasteiger partial charge in [0, 0.05) is 54.5 Å². The molecule has 3 aliphatic heterocycles. The molecule has 3 fully saturated rings. The van der Waals surface area contributed by atoms with Crippen LogP contribution in [-0.4, -0.2) is 87.9 Å². The second-order valence-electron chi connectivity index (χ2n) is 15.1. The summed E-state index contributed by atoms with van der Waals surface area (Å²) in [6.07, 6.45) is 14.7. The lowest BCUT2D eigenvalue weighted by molar-refractivity contribution is -0.690. The van der Waals surface area contributed by atoms with Gasteiger partial charge in [-0.1, -0.05) is 0 Å². The number of benzene rings is 1. The van der Waals surface area contributed by atoms with Crippen LogP contribution in [0.15, 0.2) is 91.8 Å². The Hall–Kier alpha value is -6.51. The van der Waals surface area contributed by atoms with Crippen molar-refractivity contribution in [1.82, 2.24) is 14.7 Å². The molecule has 0 bridgehead atoms. The van der Waals surface area contributed by atoms with E-state index in [4.69, 9.17) is 17.2 Å². The fraction of sp³-hybridized carbons (Fsp3) is 0.357. The van der Waals surface area contributed by atoms with Crippen molar-refractivity contribution in [3.63, 3.8) is 0 Å². The van der Waals surface area contributed by atoms with Gasteiger partial charge in [-0.2, -0.15) is 13.7 Å². The number of pyridine rings is 3. The Balaban J connectivity index is 1.17. The smallest absolute Gasteiger partial charge is 0.260 e. The quantitative estimate of drug-likeness (QED) is 0.169. The minimum absolute atomic E-state index is 0.246. The highest BCUT2D eigenvalue weighted by molar-refractivity contribution is 5.98. The standard InChI is InChI=1S/C42H45N9O6/c43-37(52)34-10-4-16-49(34)40(55)31-7-1-13-46(25-31)22-28-19-29(23-47-14-2-8-32(26-47)41(56)50-17-5-11-35(50)38(44)53)21-30(20-28)24-48-15-3-9-33(27-48)42(57)51-18-6-12-36(51)39(45)54/h1-3,7-9,13-15,19-21,25-27,34-36H,4-6,10-12,16-18,22-24H2,(H3-3,43,44,45,52,53,54)/p+3/t34-,35-,36+/m1/s1. The van der Waals surface area contributed by atoms with Crippen LogP contribution in [0.4, 0.5) is 0 Å². The van der Waals surface area contributed by atoms with E-state index in [1.54, 1.807) is 69.7 Å². The average Bonchev–Trinajstić information content (AvgIpc) is 3.99. The Morgan fingerprint density at radius 3 is 1.04 bits per heavy atom. The monoisotopic (exact) mass is 774 g/mol. The largest absolute Gasteiger partial charge is 0.368 e. The topological polar surface area (TPSA) is 202 Å². The molecule has 15 nitrogen and oxygen atoms in total. The van der Waals surface area contributed by atoms with Gasteiger partial charge < -0.3 is 31.9 Å². The van der Waals surface area contributed by atoms with Gasteiger partial charge in [0.2, 0.25) is 17.7 Å². The van der Waals surface area contributed by atoms with Gasteiger partial charge in [0.1, 0.15) is 34.8 Å². The van der Waals surface area contributed by atoms with E-state index in [2.05, 4.69) is 18.2 Å². The van der Waals surface area contributed by atoms with Crippen LogP contribution < -0.4 is 30.9 Å². The predicted octanol–water partition coefficient (Wildman–Crippen LogP) is -0.0363. The van der Waals surface area contributed by atoms with Gasteiger partial charge >= 0.3 is 0 Å². The molecule has 3 saturated heterocycles. The maximum Gasteiger partial charge on any atom is 0.260 e. The molecule has 0 spiro atoms. The molecule has 4 aromatic rings. The van der Waals surface area contributed by atoms with Gasteiger partial charge in [0.25, 0.3) is 17.7 Å². The lowest BCUT2D eigenvalue weighted by Crippen LogP contribution is -2.45. The molecule has 3 aromatic heterocycles. The van der Waals surface area contributed by atoms with Gasteiger partial charge in [0.05, 0.1) is 0 Å². The highest BCUT2D eigenvalue weighted by Crippen LogP contribution is 2.22. The number of aromatic nitrogens is 3. The summed E-state index contributed by atoms with van der Waals surface area (Å²) in [7, 11) is 0. The zero-order valence-electron chi connectivity index (χ0n) is 31.7. The van der Waals surface area contributed by atoms with Crippen LogP contribution in [0.3, 0.4) is 0 Å². The minimum Gasteiger partial charge on any atom is -0.368 e. The van der Waals surface area contributed by atoms with E-state index < -0.39 is 35.8 Å². The molecule has 3 atom stereocenters. The zero-order chi connectivity index (χ0) is 40.2. The van der Waals surface area contributed by atoms with Crippen molar-refractivity contribution in [3.05, 3.63) is 125 Å². The first-order chi connectivity index (χ1) is 27.4. The van der Waals surface area contributed by atoms with E-state index in [1.165, 1.54) is 0 Å². The number of nitrogens with zero attached hydrogens (tertiary/aromatic N) is 6. The number of nitrogens with two attached hydrogens (primary N) is 3. The van der Waals surface area contributed by atoms with Crippen molar-refractivity contribution in [2.75, 3.05) is 19.6 Å². The molecule has 0 unspecified atom stereocenters. The van der Waals surface area contributed by atoms with Gasteiger partial charge in [0.15, 0.2) is 56.8 Å². The minimum atomic E-state index is -0.622. The summed E-state index contributed by atoms with van der Waals surface area (Å²) in [5.41, 5.74) is 21.0. The second kappa shape index (κ2) is 16.7. The lowest BCUT2D eigenvalue weighted by atomic mass is 10.0. The number of carbonyl (C=O) groups excluding carboxylic acids is 6. The van der Waals surface area contributed by atoms with Crippen LogP contribution in [-0.2, 0) is 34.0 Å². The van der Waals surface area contributed by atoms with Gasteiger partial charge in [-0.15, -0.1) is 0 Å². The Kier molecular flexibility index (Phi) is 11.3. The Morgan fingerprint density at radius 1 is 0.491 bits per heavy atom. The van der Waals surface area contributed by atoms with Crippen LogP contribution in [0.1, 0.15) is 86.3 Å². The third-order valence-corrected chi connectivity index (χ3v) is 11.0. The van der Waals surface area contributed by atoms with Crippen LogP contribution in [0.2, 0.25) is 0 Å². The number of amides is 6. The first-order valence-electron chi connectivity index (χ1n) is 19.3. The van der Waals surface area contributed by atoms with E-state index in [0.717, 1.165) is 16.7 Å². The van der Waals surface area contributed by atoms with Crippen LogP contribution in [0.5, 0.6) is 0 Å². The summed E-state index contributed by atoms with van der Waals surface area (Å²) < 4.78 is 5.75. The molecular weight excluding hydrogens is 727 g/mol. The lowest BCUT2D eigenvalue weighted by Gasteiger charge is -2.21. The fourth-order valence-electron chi connectivity index (χ4n) is 8.40. The van der Waals surface area contributed by atoms with Crippen molar-refractivity contribution < 1.29 is 42.5 Å². The van der Waals surface area contributed by atoms with E-state index in [1.807, 2.05) is 32.3 Å². The predicted molar refractivity (Wildman–Crippen MR) is 203 cm³/mol. The number of hydrogen-bond donors (Lipinski definition) is 3. The molecule has 7 rings (SSSR count). The fourth-order valence-corrected chi connectivity index (χ4v) is 8.40. The number of rotatable bonds is 12. The summed E-state index contributed by atoms with van der Waals surface area (Å²) in [6.45, 7) is 2.65. The maximum absolute atomic E-state index is 13.5. The molecule has 3 aliphatic rings. The Bertz CT molecular complexity index is 1990. The first-order valence-corrected chi connectivity index (χ1v) is 19.3. The highest BCUT2D eigenvalue weighted by Gasteiger charge is 2.36. The number of likely N-dealkylation sites (tertiary alicyclic amines) is 3. The molecule has 15 heteroatoms. The zero-order valence-corrected chi connectivity index (χ0v) is 31.7. The van der Waals surface area contributed by atoms with Crippen molar-refractivity contribution in [2.45, 2.75) is 76.3 Å². The molecule has 57 heavy (non-hydrogen) atoms. The summed E-state index contributed by atoms with van der Waals surface area (Å²) in [4.78, 5) is 81.2. The molecule has 1 aromatic carbocycles. The van der Waals surface area contributed by atoms with Gasteiger partial charge in [-0.3, -0.25) is 28.8 Å². The third kappa shape index (κ3) is 8.67. The van der Waals surface area contributed by atoms with E-state index >= 15 is 0 Å². The summed E-state index contributed by atoms with van der Waals surface area (Å²) in [5, 5.41) is 0. The second-order valence-corrected chi connectivity index (χ2v) is 15.1. The van der Waals surface area contributed by atoms with E-state index in [9.17, 15) is 28.8 Å². The first kappa shape index (κ1) is 38.8. The van der Waals surface area contributed by atoms with Crippen LogP contribution in [0.25, 0.3) is 0 Å². The SMILES string of the molecule is NC(=O)[C@H]1CCCN1C(=O)c1ccc[n+](Cc2cc(C[n+]3cccc(C(=O)N4CCC[C@@H]4C(N)=O)c3)cc(C[n+]3cccc(C(=O)N4CCC[C@H]4C(N)=O)c3)c2)c1. The molecule has 0 radical (unpaired) electrons. The van der Waals surface area contributed by atoms with Crippen molar-refractivity contribution >= 4 is 35.4 Å². The average molecular weight is 775 g/mol. The van der Waals surface area contributed by atoms with Crippen molar-refractivity contribution in [2.24, 2.45) is 17.2 Å². The molecule has 0 saturated carbocycles. The Labute approximate surface area is 330 Å². The molecule has 6 N–H and O–H groups in total.